The maximum Gasteiger partial charge on any atom is 0.276 e. The Morgan fingerprint density at radius 1 is 1.07 bits per heavy atom. The number of hydrogen-bond acceptors (Lipinski definition) is 3. The maximum atomic E-state index is 12.6. The van der Waals surface area contributed by atoms with Crippen molar-refractivity contribution in [3.8, 4) is 0 Å². The van der Waals surface area contributed by atoms with Crippen molar-refractivity contribution in [2.45, 2.75) is 65.2 Å². The number of nitrogens with zero attached hydrogens (tertiary/aromatic N) is 1. The van der Waals surface area contributed by atoms with Gasteiger partial charge in [-0.15, -0.1) is 0 Å². The molecule has 1 aromatic carbocycles. The fourth-order valence-electron chi connectivity index (χ4n) is 4.45. The van der Waals surface area contributed by atoms with Crippen LogP contribution in [0, 0.1) is 30.1 Å². The van der Waals surface area contributed by atoms with Crippen LogP contribution in [0.5, 0.6) is 0 Å². The van der Waals surface area contributed by atoms with Crippen molar-refractivity contribution >= 4 is 15.7 Å². The SMILES string of the molecule is Cc1ccc(S(=O)(=O)N/N=C2\CC(C)(C)/C=C3\[C@@H](CC[C@@H]3C)CC2C)cc1. The molecule has 2 aliphatic carbocycles. The van der Waals surface area contributed by atoms with E-state index in [-0.39, 0.29) is 16.2 Å². The Balaban J connectivity index is 1.85. The third-order valence-electron chi connectivity index (χ3n) is 6.03. The van der Waals surface area contributed by atoms with Crippen LogP contribution in [0.3, 0.4) is 0 Å². The lowest BCUT2D eigenvalue weighted by molar-refractivity contribution is 0.433. The minimum atomic E-state index is -3.64. The highest BCUT2D eigenvalue weighted by molar-refractivity contribution is 7.89. The average molecular weight is 389 g/mol. The molecular formula is C22H32N2O2S. The Labute approximate surface area is 164 Å². The van der Waals surface area contributed by atoms with E-state index in [1.165, 1.54) is 12.8 Å². The lowest BCUT2D eigenvalue weighted by atomic mass is 9.74. The topological polar surface area (TPSA) is 58.5 Å². The minimum absolute atomic E-state index is 0.0189. The van der Waals surface area contributed by atoms with E-state index in [1.54, 1.807) is 29.8 Å². The van der Waals surface area contributed by atoms with Crippen LogP contribution in [0.25, 0.3) is 0 Å². The predicted molar refractivity (Wildman–Crippen MR) is 111 cm³/mol. The second-order valence-electron chi connectivity index (χ2n) is 9.13. The molecule has 5 heteroatoms. The number of nitrogens with one attached hydrogen (secondary N) is 1. The normalized spacial score (nSPS) is 31.5. The van der Waals surface area contributed by atoms with Crippen molar-refractivity contribution in [2.24, 2.45) is 28.3 Å². The number of rotatable bonds is 3. The van der Waals surface area contributed by atoms with Gasteiger partial charge in [-0.3, -0.25) is 0 Å². The van der Waals surface area contributed by atoms with Crippen molar-refractivity contribution in [3.05, 3.63) is 41.5 Å². The van der Waals surface area contributed by atoms with Gasteiger partial charge < -0.3 is 0 Å². The summed E-state index contributed by atoms with van der Waals surface area (Å²) in [5.41, 5.74) is 3.57. The molecular weight excluding hydrogens is 356 g/mol. The summed E-state index contributed by atoms with van der Waals surface area (Å²) >= 11 is 0. The molecule has 0 aliphatic heterocycles. The number of benzene rings is 1. The number of hydrazone groups is 1. The molecule has 0 radical (unpaired) electrons. The summed E-state index contributed by atoms with van der Waals surface area (Å²) < 4.78 is 25.2. The van der Waals surface area contributed by atoms with Gasteiger partial charge >= 0.3 is 0 Å². The first-order valence-corrected chi connectivity index (χ1v) is 11.4. The molecule has 0 heterocycles. The predicted octanol–water partition coefficient (Wildman–Crippen LogP) is 5.06. The Morgan fingerprint density at radius 3 is 2.41 bits per heavy atom. The van der Waals surface area contributed by atoms with Gasteiger partial charge in [0, 0.05) is 5.71 Å². The average Bonchev–Trinajstić information content (AvgIpc) is 2.90. The van der Waals surface area contributed by atoms with Gasteiger partial charge in [-0.1, -0.05) is 57.0 Å². The quantitative estimate of drug-likeness (QED) is 0.581. The number of fused-ring (bicyclic) bond motifs is 1. The molecule has 148 valence electrons. The molecule has 3 rings (SSSR count). The molecule has 0 aromatic heterocycles. The molecule has 1 aromatic rings. The highest BCUT2D eigenvalue weighted by Gasteiger charge is 2.35. The smallest absolute Gasteiger partial charge is 0.200 e. The summed E-state index contributed by atoms with van der Waals surface area (Å²) in [5, 5.41) is 4.41. The van der Waals surface area contributed by atoms with Crippen molar-refractivity contribution in [3.63, 3.8) is 0 Å². The monoisotopic (exact) mass is 388 g/mol. The van der Waals surface area contributed by atoms with E-state index in [0.29, 0.717) is 11.8 Å². The summed E-state index contributed by atoms with van der Waals surface area (Å²) in [6, 6.07) is 6.85. The van der Waals surface area contributed by atoms with E-state index in [9.17, 15) is 8.42 Å². The van der Waals surface area contributed by atoms with Crippen LogP contribution in [0.15, 0.2) is 45.9 Å². The van der Waals surface area contributed by atoms with Crippen LogP contribution in [0.4, 0.5) is 0 Å². The van der Waals surface area contributed by atoms with Crippen molar-refractivity contribution in [1.82, 2.24) is 4.83 Å². The number of allylic oxidation sites excluding steroid dienone is 2. The van der Waals surface area contributed by atoms with E-state index >= 15 is 0 Å². The Morgan fingerprint density at radius 2 is 1.74 bits per heavy atom. The van der Waals surface area contributed by atoms with Gasteiger partial charge in [0.15, 0.2) is 0 Å². The summed E-state index contributed by atoms with van der Waals surface area (Å²) in [7, 11) is -3.64. The molecule has 2 aliphatic rings. The number of sulfonamides is 1. The standard InChI is InChI=1S/C22H32N2O2S/c1-15-6-10-19(11-7-15)27(25,26)24-23-21-14-22(4,5)13-20-16(2)8-9-18(20)12-17(21)3/h6-7,10-11,13,16-18,24H,8-9,12,14H2,1-5H3/b20-13-,23-21+/t16-,17?,18-/m0/s1. The molecule has 1 fully saturated rings. The van der Waals surface area contributed by atoms with Crippen LogP contribution in [-0.4, -0.2) is 14.1 Å². The van der Waals surface area contributed by atoms with Gasteiger partial charge in [0.25, 0.3) is 10.0 Å². The second kappa shape index (κ2) is 7.42. The zero-order valence-electron chi connectivity index (χ0n) is 17.1. The van der Waals surface area contributed by atoms with Gasteiger partial charge in [-0.2, -0.15) is 13.5 Å². The Hall–Kier alpha value is -1.62. The van der Waals surface area contributed by atoms with Gasteiger partial charge in [-0.05, 0) is 67.9 Å². The van der Waals surface area contributed by atoms with Crippen molar-refractivity contribution in [2.75, 3.05) is 0 Å². The Kier molecular flexibility index (Phi) is 5.53. The summed E-state index contributed by atoms with van der Waals surface area (Å²) in [5.74, 6) is 1.54. The van der Waals surface area contributed by atoms with Crippen LogP contribution < -0.4 is 4.83 Å². The Bertz CT molecular complexity index is 851. The fraction of sp³-hybridized carbons (Fsp3) is 0.591. The lowest BCUT2D eigenvalue weighted by Crippen LogP contribution is -2.29. The van der Waals surface area contributed by atoms with E-state index < -0.39 is 10.0 Å². The first-order valence-electron chi connectivity index (χ1n) is 9.95. The number of aryl methyl sites for hydroxylation is 1. The molecule has 0 spiro atoms. The molecule has 0 saturated heterocycles. The fourth-order valence-corrected chi connectivity index (χ4v) is 5.28. The summed E-state index contributed by atoms with van der Waals surface area (Å²) in [6.45, 7) is 10.9. The van der Waals surface area contributed by atoms with Gasteiger partial charge in [0.2, 0.25) is 0 Å². The van der Waals surface area contributed by atoms with Crippen LogP contribution in [0.2, 0.25) is 0 Å². The highest BCUT2D eigenvalue weighted by atomic mass is 32.2. The molecule has 3 atom stereocenters. The van der Waals surface area contributed by atoms with E-state index in [1.807, 2.05) is 6.92 Å². The molecule has 0 bridgehead atoms. The van der Waals surface area contributed by atoms with Crippen LogP contribution >= 0.6 is 0 Å². The van der Waals surface area contributed by atoms with Crippen LogP contribution in [-0.2, 0) is 10.0 Å². The third-order valence-corrected chi connectivity index (χ3v) is 7.25. The first kappa shape index (κ1) is 20.1. The molecule has 4 nitrogen and oxygen atoms in total. The molecule has 1 unspecified atom stereocenters. The van der Waals surface area contributed by atoms with E-state index in [0.717, 1.165) is 24.1 Å². The number of hydrogen-bond donors (Lipinski definition) is 1. The van der Waals surface area contributed by atoms with Gasteiger partial charge in [0.05, 0.1) is 4.90 Å². The minimum Gasteiger partial charge on any atom is -0.200 e. The third kappa shape index (κ3) is 4.63. The first-order chi connectivity index (χ1) is 12.6. The van der Waals surface area contributed by atoms with Gasteiger partial charge in [-0.25, -0.2) is 4.83 Å². The molecule has 1 saturated carbocycles. The zero-order chi connectivity index (χ0) is 19.8. The van der Waals surface area contributed by atoms with Crippen molar-refractivity contribution in [1.29, 1.82) is 0 Å². The largest absolute Gasteiger partial charge is 0.276 e. The highest BCUT2D eigenvalue weighted by Crippen LogP contribution is 2.45. The summed E-state index contributed by atoms with van der Waals surface area (Å²) in [6.07, 6.45) is 6.75. The molecule has 1 N–H and O–H groups in total. The summed E-state index contributed by atoms with van der Waals surface area (Å²) in [4.78, 5) is 2.74. The van der Waals surface area contributed by atoms with E-state index in [2.05, 4.69) is 43.7 Å². The van der Waals surface area contributed by atoms with E-state index in [4.69, 9.17) is 0 Å². The second-order valence-corrected chi connectivity index (χ2v) is 10.8. The van der Waals surface area contributed by atoms with Crippen LogP contribution in [0.1, 0.15) is 58.9 Å². The maximum absolute atomic E-state index is 12.6. The molecule has 0 amide bonds. The zero-order valence-corrected chi connectivity index (χ0v) is 17.9. The lowest BCUT2D eigenvalue weighted by Gasteiger charge is -2.32. The van der Waals surface area contributed by atoms with Crippen molar-refractivity contribution < 1.29 is 8.42 Å². The molecule has 27 heavy (non-hydrogen) atoms. The van der Waals surface area contributed by atoms with Gasteiger partial charge in [0.1, 0.15) is 0 Å².